The van der Waals surface area contributed by atoms with Gasteiger partial charge in [0.2, 0.25) is 5.88 Å². The molecular formula is C16H21N3O. The SMILES string of the molecule is COc1cccc(CN(C)Cc2cccc(CN)c2)n1. The van der Waals surface area contributed by atoms with Gasteiger partial charge >= 0.3 is 0 Å². The van der Waals surface area contributed by atoms with E-state index in [0.29, 0.717) is 12.4 Å². The lowest BCUT2D eigenvalue weighted by molar-refractivity contribution is 0.312. The molecule has 1 heterocycles. The van der Waals surface area contributed by atoms with E-state index in [1.807, 2.05) is 24.3 Å². The predicted octanol–water partition coefficient (Wildman–Crippen LogP) is 2.18. The Hall–Kier alpha value is -1.91. The Kier molecular flexibility index (Phi) is 5.09. The zero-order valence-corrected chi connectivity index (χ0v) is 12.0. The molecule has 106 valence electrons. The zero-order valence-electron chi connectivity index (χ0n) is 12.0. The zero-order chi connectivity index (χ0) is 14.4. The monoisotopic (exact) mass is 271 g/mol. The van der Waals surface area contributed by atoms with Crippen LogP contribution in [-0.2, 0) is 19.6 Å². The van der Waals surface area contributed by atoms with Gasteiger partial charge in [0.05, 0.1) is 12.8 Å². The van der Waals surface area contributed by atoms with Crippen LogP contribution in [0.4, 0.5) is 0 Å². The summed E-state index contributed by atoms with van der Waals surface area (Å²) in [6, 6.07) is 14.2. The molecule has 0 aliphatic heterocycles. The molecule has 0 saturated carbocycles. The lowest BCUT2D eigenvalue weighted by Gasteiger charge is -2.17. The van der Waals surface area contributed by atoms with Gasteiger partial charge in [-0.2, -0.15) is 0 Å². The maximum absolute atomic E-state index is 5.67. The third kappa shape index (κ3) is 4.05. The van der Waals surface area contributed by atoms with Crippen molar-refractivity contribution in [2.45, 2.75) is 19.6 Å². The largest absolute Gasteiger partial charge is 0.481 e. The molecule has 0 aliphatic carbocycles. The summed E-state index contributed by atoms with van der Waals surface area (Å²) in [5, 5.41) is 0. The van der Waals surface area contributed by atoms with Crippen LogP contribution in [0.5, 0.6) is 5.88 Å². The number of aromatic nitrogens is 1. The first-order valence-electron chi connectivity index (χ1n) is 6.67. The van der Waals surface area contributed by atoms with Gasteiger partial charge in [-0.25, -0.2) is 4.98 Å². The van der Waals surface area contributed by atoms with Crippen LogP contribution in [-0.4, -0.2) is 24.0 Å². The molecule has 0 saturated heterocycles. The Morgan fingerprint density at radius 3 is 2.60 bits per heavy atom. The second kappa shape index (κ2) is 7.03. The number of hydrogen-bond donors (Lipinski definition) is 1. The molecule has 2 aromatic rings. The van der Waals surface area contributed by atoms with Crippen molar-refractivity contribution >= 4 is 0 Å². The first-order chi connectivity index (χ1) is 9.71. The van der Waals surface area contributed by atoms with Crippen molar-refractivity contribution in [1.29, 1.82) is 0 Å². The molecule has 2 rings (SSSR count). The number of nitrogens with zero attached hydrogens (tertiary/aromatic N) is 2. The minimum absolute atomic E-state index is 0.578. The third-order valence-electron chi connectivity index (χ3n) is 3.10. The van der Waals surface area contributed by atoms with Gasteiger partial charge in [-0.15, -0.1) is 0 Å². The highest BCUT2D eigenvalue weighted by molar-refractivity contribution is 5.23. The molecule has 0 amide bonds. The van der Waals surface area contributed by atoms with E-state index in [1.165, 1.54) is 5.56 Å². The van der Waals surface area contributed by atoms with E-state index in [0.717, 1.165) is 24.3 Å². The Morgan fingerprint density at radius 1 is 1.10 bits per heavy atom. The van der Waals surface area contributed by atoms with Gasteiger partial charge in [-0.05, 0) is 24.2 Å². The first-order valence-corrected chi connectivity index (χ1v) is 6.67. The molecule has 1 aromatic carbocycles. The lowest BCUT2D eigenvalue weighted by atomic mass is 10.1. The van der Waals surface area contributed by atoms with Gasteiger partial charge in [-0.1, -0.05) is 30.3 Å². The standard InChI is InChI=1S/C16H21N3O/c1-19(11-14-6-3-5-13(9-14)10-17)12-15-7-4-8-16(18-15)20-2/h3-9H,10-12,17H2,1-2H3. The van der Waals surface area contributed by atoms with E-state index < -0.39 is 0 Å². The normalized spacial score (nSPS) is 10.8. The molecule has 0 aliphatic rings. The maximum Gasteiger partial charge on any atom is 0.213 e. The Morgan fingerprint density at radius 2 is 1.85 bits per heavy atom. The van der Waals surface area contributed by atoms with Crippen molar-refractivity contribution < 1.29 is 4.74 Å². The lowest BCUT2D eigenvalue weighted by Crippen LogP contribution is -2.18. The van der Waals surface area contributed by atoms with E-state index in [9.17, 15) is 0 Å². The minimum atomic E-state index is 0.578. The van der Waals surface area contributed by atoms with Crippen LogP contribution < -0.4 is 10.5 Å². The molecule has 0 atom stereocenters. The number of ether oxygens (including phenoxy) is 1. The first kappa shape index (κ1) is 14.5. The summed E-state index contributed by atoms with van der Waals surface area (Å²) in [5.74, 6) is 0.654. The van der Waals surface area contributed by atoms with Crippen LogP contribution in [0, 0.1) is 0 Å². The van der Waals surface area contributed by atoms with Gasteiger partial charge in [0.25, 0.3) is 0 Å². The topological polar surface area (TPSA) is 51.4 Å². The summed E-state index contributed by atoms with van der Waals surface area (Å²) in [6.07, 6.45) is 0. The summed E-state index contributed by atoms with van der Waals surface area (Å²) < 4.78 is 5.14. The second-order valence-electron chi connectivity index (χ2n) is 4.87. The van der Waals surface area contributed by atoms with Crippen molar-refractivity contribution in [3.63, 3.8) is 0 Å². The van der Waals surface area contributed by atoms with Crippen molar-refractivity contribution in [2.75, 3.05) is 14.2 Å². The molecule has 20 heavy (non-hydrogen) atoms. The van der Waals surface area contributed by atoms with Gasteiger partial charge in [0, 0.05) is 25.7 Å². The van der Waals surface area contributed by atoms with Crippen LogP contribution in [0.25, 0.3) is 0 Å². The molecule has 0 radical (unpaired) electrons. The number of nitrogens with two attached hydrogens (primary N) is 1. The van der Waals surface area contributed by atoms with E-state index in [4.69, 9.17) is 10.5 Å². The minimum Gasteiger partial charge on any atom is -0.481 e. The Balaban J connectivity index is 1.99. The average Bonchev–Trinajstić information content (AvgIpc) is 2.47. The molecule has 4 heteroatoms. The number of rotatable bonds is 6. The van der Waals surface area contributed by atoms with Crippen molar-refractivity contribution in [3.05, 3.63) is 59.3 Å². The maximum atomic E-state index is 5.67. The highest BCUT2D eigenvalue weighted by Crippen LogP contribution is 2.11. The summed E-state index contributed by atoms with van der Waals surface area (Å²) in [4.78, 5) is 6.64. The number of pyridine rings is 1. The predicted molar refractivity (Wildman–Crippen MR) is 80.3 cm³/mol. The fraction of sp³-hybridized carbons (Fsp3) is 0.312. The fourth-order valence-electron chi connectivity index (χ4n) is 2.16. The molecule has 0 spiro atoms. The highest BCUT2D eigenvalue weighted by atomic mass is 16.5. The van der Waals surface area contributed by atoms with Crippen LogP contribution in [0.2, 0.25) is 0 Å². The third-order valence-corrected chi connectivity index (χ3v) is 3.10. The van der Waals surface area contributed by atoms with Gasteiger partial charge in [0.1, 0.15) is 0 Å². The quantitative estimate of drug-likeness (QED) is 0.875. The molecule has 0 unspecified atom stereocenters. The number of benzene rings is 1. The summed E-state index contributed by atoms with van der Waals surface area (Å²) >= 11 is 0. The molecule has 4 nitrogen and oxygen atoms in total. The van der Waals surface area contributed by atoms with Crippen LogP contribution >= 0.6 is 0 Å². The Bertz CT molecular complexity index is 507. The molecule has 1 aromatic heterocycles. The van der Waals surface area contributed by atoms with Crippen molar-refractivity contribution in [3.8, 4) is 5.88 Å². The van der Waals surface area contributed by atoms with E-state index >= 15 is 0 Å². The van der Waals surface area contributed by atoms with Crippen LogP contribution in [0.3, 0.4) is 0 Å². The summed E-state index contributed by atoms with van der Waals surface area (Å²) in [6.45, 7) is 2.23. The Labute approximate surface area is 120 Å². The summed E-state index contributed by atoms with van der Waals surface area (Å²) in [5.41, 5.74) is 9.09. The second-order valence-corrected chi connectivity index (χ2v) is 4.87. The van der Waals surface area contributed by atoms with Gasteiger partial charge < -0.3 is 10.5 Å². The smallest absolute Gasteiger partial charge is 0.213 e. The molecular weight excluding hydrogens is 250 g/mol. The van der Waals surface area contributed by atoms with Gasteiger partial charge in [-0.3, -0.25) is 4.90 Å². The number of hydrogen-bond acceptors (Lipinski definition) is 4. The average molecular weight is 271 g/mol. The van der Waals surface area contributed by atoms with E-state index in [2.05, 4.69) is 35.1 Å². The molecule has 0 bridgehead atoms. The molecule has 2 N–H and O–H groups in total. The van der Waals surface area contributed by atoms with Gasteiger partial charge in [0.15, 0.2) is 0 Å². The van der Waals surface area contributed by atoms with Crippen LogP contribution in [0.1, 0.15) is 16.8 Å². The van der Waals surface area contributed by atoms with Crippen molar-refractivity contribution in [2.24, 2.45) is 5.73 Å². The number of methoxy groups -OCH3 is 1. The fourth-order valence-corrected chi connectivity index (χ4v) is 2.16. The van der Waals surface area contributed by atoms with Crippen LogP contribution in [0.15, 0.2) is 42.5 Å². The summed E-state index contributed by atoms with van der Waals surface area (Å²) in [7, 11) is 3.71. The van der Waals surface area contributed by atoms with Crippen molar-refractivity contribution in [1.82, 2.24) is 9.88 Å². The van der Waals surface area contributed by atoms with E-state index in [1.54, 1.807) is 7.11 Å². The van der Waals surface area contributed by atoms with E-state index in [-0.39, 0.29) is 0 Å². The highest BCUT2D eigenvalue weighted by Gasteiger charge is 2.04. The molecule has 0 fully saturated rings.